The molecule has 4 heteroatoms. The van der Waals surface area contributed by atoms with Gasteiger partial charge in [-0.25, -0.2) is 4.39 Å². The average Bonchev–Trinajstić information content (AvgIpc) is 2.41. The van der Waals surface area contributed by atoms with E-state index in [0.29, 0.717) is 16.9 Å². The first kappa shape index (κ1) is 13.1. The number of carbonyl (C=O) groups is 1. The van der Waals surface area contributed by atoms with Crippen molar-refractivity contribution >= 4 is 17.3 Å². The first-order chi connectivity index (χ1) is 8.99. The van der Waals surface area contributed by atoms with Crippen LogP contribution in [0, 0.1) is 12.7 Å². The van der Waals surface area contributed by atoms with Crippen molar-refractivity contribution in [3.05, 3.63) is 59.4 Å². The van der Waals surface area contributed by atoms with Crippen LogP contribution in [0.15, 0.2) is 42.5 Å². The summed E-state index contributed by atoms with van der Waals surface area (Å²) >= 11 is 0. The number of hydrogen-bond acceptors (Lipinski definition) is 2. The van der Waals surface area contributed by atoms with Gasteiger partial charge in [-0.05, 0) is 55.0 Å². The van der Waals surface area contributed by atoms with E-state index in [1.54, 1.807) is 37.4 Å². The number of rotatable bonds is 2. The van der Waals surface area contributed by atoms with Gasteiger partial charge in [-0.15, -0.1) is 0 Å². The Balaban J connectivity index is 2.28. The largest absolute Gasteiger partial charge is 0.399 e. The molecule has 2 rings (SSSR count). The molecule has 0 saturated heterocycles. The normalized spacial score (nSPS) is 10.3. The Morgan fingerprint density at radius 3 is 2.37 bits per heavy atom. The van der Waals surface area contributed by atoms with E-state index < -0.39 is 0 Å². The van der Waals surface area contributed by atoms with Gasteiger partial charge in [-0.2, -0.15) is 0 Å². The fraction of sp³-hybridized carbons (Fsp3) is 0.133. The van der Waals surface area contributed by atoms with E-state index in [0.717, 1.165) is 5.56 Å². The summed E-state index contributed by atoms with van der Waals surface area (Å²) in [6.07, 6.45) is 0. The molecule has 0 atom stereocenters. The van der Waals surface area contributed by atoms with Gasteiger partial charge in [-0.3, -0.25) is 4.79 Å². The van der Waals surface area contributed by atoms with Crippen LogP contribution >= 0.6 is 0 Å². The van der Waals surface area contributed by atoms with Crippen molar-refractivity contribution in [1.29, 1.82) is 0 Å². The van der Waals surface area contributed by atoms with Gasteiger partial charge in [-0.1, -0.05) is 0 Å². The number of aryl methyl sites for hydroxylation is 1. The number of amides is 1. The maximum atomic E-state index is 12.9. The highest BCUT2D eigenvalue weighted by Crippen LogP contribution is 2.18. The summed E-state index contributed by atoms with van der Waals surface area (Å²) in [5.41, 5.74) is 8.43. The number of anilines is 2. The van der Waals surface area contributed by atoms with Gasteiger partial charge in [0.2, 0.25) is 0 Å². The molecule has 1 amide bonds. The fourth-order valence-corrected chi connectivity index (χ4v) is 1.78. The van der Waals surface area contributed by atoms with Crippen molar-refractivity contribution in [3.63, 3.8) is 0 Å². The lowest BCUT2D eigenvalue weighted by Crippen LogP contribution is -2.26. The van der Waals surface area contributed by atoms with Gasteiger partial charge in [0, 0.05) is 24.0 Å². The number of carbonyl (C=O) groups excluding carboxylic acids is 1. The van der Waals surface area contributed by atoms with E-state index in [2.05, 4.69) is 0 Å². The molecule has 98 valence electrons. The Bertz CT molecular complexity index is 608. The standard InChI is InChI=1S/C15H15FN2O/c1-10-9-11(3-8-14(10)17)15(19)18(2)13-6-4-12(16)5-7-13/h3-9H,17H2,1-2H3. The van der Waals surface area contributed by atoms with Crippen LogP contribution in [0.5, 0.6) is 0 Å². The Hall–Kier alpha value is -2.36. The second kappa shape index (κ2) is 5.10. The number of nitrogen functional groups attached to an aromatic ring is 1. The van der Waals surface area contributed by atoms with Crippen LogP contribution in [-0.4, -0.2) is 13.0 Å². The van der Waals surface area contributed by atoms with Gasteiger partial charge < -0.3 is 10.6 Å². The van der Waals surface area contributed by atoms with Gasteiger partial charge in [0.1, 0.15) is 5.82 Å². The summed E-state index contributed by atoms with van der Waals surface area (Å²) < 4.78 is 12.9. The van der Waals surface area contributed by atoms with Gasteiger partial charge in [0.25, 0.3) is 5.91 Å². The van der Waals surface area contributed by atoms with Crippen molar-refractivity contribution in [3.8, 4) is 0 Å². The third kappa shape index (κ3) is 2.73. The van der Waals surface area contributed by atoms with Crippen LogP contribution in [0.4, 0.5) is 15.8 Å². The quantitative estimate of drug-likeness (QED) is 0.842. The van der Waals surface area contributed by atoms with Gasteiger partial charge in [0.05, 0.1) is 0 Å². The fourth-order valence-electron chi connectivity index (χ4n) is 1.78. The van der Waals surface area contributed by atoms with Crippen molar-refractivity contribution in [2.75, 3.05) is 17.7 Å². The van der Waals surface area contributed by atoms with Crippen molar-refractivity contribution < 1.29 is 9.18 Å². The minimum absolute atomic E-state index is 0.158. The Morgan fingerprint density at radius 2 is 1.79 bits per heavy atom. The van der Waals surface area contributed by atoms with Crippen LogP contribution in [0.1, 0.15) is 15.9 Å². The third-order valence-corrected chi connectivity index (χ3v) is 3.04. The molecule has 0 saturated carbocycles. The lowest BCUT2D eigenvalue weighted by molar-refractivity contribution is 0.0993. The highest BCUT2D eigenvalue weighted by Gasteiger charge is 2.14. The van der Waals surface area contributed by atoms with Gasteiger partial charge >= 0.3 is 0 Å². The second-order valence-corrected chi connectivity index (χ2v) is 4.41. The third-order valence-electron chi connectivity index (χ3n) is 3.04. The minimum atomic E-state index is -0.326. The molecule has 0 aromatic heterocycles. The van der Waals surface area contributed by atoms with Gasteiger partial charge in [0.15, 0.2) is 0 Å². The number of halogens is 1. The predicted molar refractivity (Wildman–Crippen MR) is 74.7 cm³/mol. The topological polar surface area (TPSA) is 46.3 Å². The second-order valence-electron chi connectivity index (χ2n) is 4.41. The molecule has 0 unspecified atom stereocenters. The number of hydrogen-bond donors (Lipinski definition) is 1. The van der Waals surface area contributed by atoms with E-state index in [1.165, 1.54) is 17.0 Å². The zero-order valence-corrected chi connectivity index (χ0v) is 10.9. The highest BCUT2D eigenvalue weighted by atomic mass is 19.1. The molecule has 3 nitrogen and oxygen atoms in total. The maximum absolute atomic E-state index is 12.9. The number of benzene rings is 2. The molecule has 2 N–H and O–H groups in total. The van der Waals surface area contributed by atoms with Crippen LogP contribution in [0.3, 0.4) is 0 Å². The first-order valence-electron chi connectivity index (χ1n) is 5.89. The molecule has 0 spiro atoms. The summed E-state index contributed by atoms with van der Waals surface area (Å²) in [6, 6.07) is 10.9. The molecule has 0 fully saturated rings. The Kier molecular flexibility index (Phi) is 3.51. The summed E-state index contributed by atoms with van der Waals surface area (Å²) in [7, 11) is 1.65. The zero-order chi connectivity index (χ0) is 14.0. The van der Waals surface area contributed by atoms with E-state index in [-0.39, 0.29) is 11.7 Å². The van der Waals surface area contributed by atoms with Crippen LogP contribution in [-0.2, 0) is 0 Å². The van der Waals surface area contributed by atoms with Crippen molar-refractivity contribution in [2.24, 2.45) is 0 Å². The summed E-state index contributed by atoms with van der Waals surface area (Å²) in [5, 5.41) is 0. The van der Waals surface area contributed by atoms with E-state index in [1.807, 2.05) is 6.92 Å². The Labute approximate surface area is 111 Å². The number of nitrogens with two attached hydrogens (primary N) is 1. The molecular formula is C15H15FN2O. The molecular weight excluding hydrogens is 243 g/mol. The summed E-state index contributed by atoms with van der Waals surface area (Å²) in [5.74, 6) is -0.484. The highest BCUT2D eigenvalue weighted by molar-refractivity contribution is 6.06. The first-order valence-corrected chi connectivity index (χ1v) is 5.89. The van der Waals surface area contributed by atoms with E-state index in [9.17, 15) is 9.18 Å². The summed E-state index contributed by atoms with van der Waals surface area (Å²) in [4.78, 5) is 13.8. The lowest BCUT2D eigenvalue weighted by Gasteiger charge is -2.17. The molecule has 0 heterocycles. The summed E-state index contributed by atoms with van der Waals surface area (Å²) in [6.45, 7) is 1.85. The van der Waals surface area contributed by atoms with E-state index in [4.69, 9.17) is 5.73 Å². The minimum Gasteiger partial charge on any atom is -0.399 e. The molecule has 2 aromatic rings. The van der Waals surface area contributed by atoms with Crippen molar-refractivity contribution in [1.82, 2.24) is 0 Å². The molecule has 0 aliphatic carbocycles. The average molecular weight is 258 g/mol. The lowest BCUT2D eigenvalue weighted by atomic mass is 10.1. The SMILES string of the molecule is Cc1cc(C(=O)N(C)c2ccc(F)cc2)ccc1N. The van der Waals surface area contributed by atoms with Crippen molar-refractivity contribution in [2.45, 2.75) is 6.92 Å². The maximum Gasteiger partial charge on any atom is 0.258 e. The number of nitrogens with zero attached hydrogens (tertiary/aromatic N) is 1. The van der Waals surface area contributed by atoms with Crippen LogP contribution < -0.4 is 10.6 Å². The Morgan fingerprint density at radius 1 is 1.16 bits per heavy atom. The van der Waals surface area contributed by atoms with E-state index >= 15 is 0 Å². The predicted octanol–water partition coefficient (Wildman–Crippen LogP) is 2.99. The molecule has 0 radical (unpaired) electrons. The molecule has 0 bridgehead atoms. The molecule has 19 heavy (non-hydrogen) atoms. The smallest absolute Gasteiger partial charge is 0.258 e. The monoisotopic (exact) mass is 258 g/mol. The molecule has 0 aliphatic rings. The zero-order valence-electron chi connectivity index (χ0n) is 10.9. The molecule has 0 aliphatic heterocycles. The molecule has 2 aromatic carbocycles. The van der Waals surface area contributed by atoms with Crippen LogP contribution in [0.2, 0.25) is 0 Å². The van der Waals surface area contributed by atoms with Crippen LogP contribution in [0.25, 0.3) is 0 Å².